The highest BCUT2D eigenvalue weighted by Crippen LogP contribution is 2.19. The number of amides is 1. The van der Waals surface area contributed by atoms with E-state index in [1.807, 2.05) is 66.5 Å². The molecule has 24 heavy (non-hydrogen) atoms. The van der Waals surface area contributed by atoms with E-state index in [1.165, 1.54) is 0 Å². The molecular weight excluding hydrogens is 302 g/mol. The molecule has 0 atom stereocenters. The lowest BCUT2D eigenvalue weighted by molar-refractivity contribution is -0.114. The molecule has 0 unspecified atom stereocenters. The van der Waals surface area contributed by atoms with Gasteiger partial charge in [0.15, 0.2) is 0 Å². The Morgan fingerprint density at radius 3 is 2.42 bits per heavy atom. The molecule has 1 N–H and O–H groups in total. The fraction of sp³-hybridized carbons (Fsp3) is 0.316. The molecule has 1 fully saturated rings. The standard InChI is InChI=1S/C19H23N3O2/c1-21(17-5-3-2-4-6-17)15-19(23)20-16-7-9-18(10-8-16)22-11-13-24-14-12-22/h2-10H,11-15H2,1H3,(H,20,23). The number of para-hydroxylation sites is 1. The van der Waals surface area contributed by atoms with Gasteiger partial charge in [-0.2, -0.15) is 0 Å². The number of nitrogens with zero attached hydrogens (tertiary/aromatic N) is 2. The highest BCUT2D eigenvalue weighted by molar-refractivity contribution is 5.94. The van der Waals surface area contributed by atoms with Crippen LogP contribution in [0, 0.1) is 0 Å². The molecule has 2 aromatic carbocycles. The van der Waals surface area contributed by atoms with Crippen molar-refractivity contribution >= 4 is 23.0 Å². The number of rotatable bonds is 5. The smallest absolute Gasteiger partial charge is 0.243 e. The minimum absolute atomic E-state index is 0.0273. The van der Waals surface area contributed by atoms with Gasteiger partial charge in [0, 0.05) is 37.2 Å². The summed E-state index contributed by atoms with van der Waals surface area (Å²) in [5, 5.41) is 2.95. The number of anilines is 3. The predicted octanol–water partition coefficient (Wildman–Crippen LogP) is 2.60. The van der Waals surface area contributed by atoms with Crippen LogP contribution in [0.15, 0.2) is 54.6 Å². The first-order valence-electron chi connectivity index (χ1n) is 8.21. The summed E-state index contributed by atoms with van der Waals surface area (Å²) >= 11 is 0. The van der Waals surface area contributed by atoms with Gasteiger partial charge in [-0.05, 0) is 36.4 Å². The van der Waals surface area contributed by atoms with Crippen molar-refractivity contribution in [2.45, 2.75) is 0 Å². The van der Waals surface area contributed by atoms with Crippen molar-refractivity contribution in [1.82, 2.24) is 0 Å². The summed E-state index contributed by atoms with van der Waals surface area (Å²) in [5.41, 5.74) is 3.01. The number of benzene rings is 2. The second-order valence-electron chi connectivity index (χ2n) is 5.89. The molecule has 1 aliphatic heterocycles. The van der Waals surface area contributed by atoms with E-state index < -0.39 is 0 Å². The van der Waals surface area contributed by atoms with Crippen LogP contribution in [0.5, 0.6) is 0 Å². The SMILES string of the molecule is CN(CC(=O)Nc1ccc(N2CCOCC2)cc1)c1ccccc1. The van der Waals surface area contributed by atoms with Crippen LogP contribution in [0.25, 0.3) is 0 Å². The second-order valence-corrected chi connectivity index (χ2v) is 5.89. The zero-order chi connectivity index (χ0) is 16.8. The molecule has 0 bridgehead atoms. The summed E-state index contributed by atoms with van der Waals surface area (Å²) in [6, 6.07) is 17.9. The Morgan fingerprint density at radius 1 is 1.08 bits per heavy atom. The molecule has 126 valence electrons. The molecule has 0 radical (unpaired) electrons. The average molecular weight is 325 g/mol. The van der Waals surface area contributed by atoms with Crippen LogP contribution < -0.4 is 15.1 Å². The van der Waals surface area contributed by atoms with E-state index in [-0.39, 0.29) is 5.91 Å². The topological polar surface area (TPSA) is 44.8 Å². The van der Waals surface area contributed by atoms with Crippen LogP contribution in [-0.2, 0) is 9.53 Å². The van der Waals surface area contributed by atoms with Crippen molar-refractivity contribution in [3.8, 4) is 0 Å². The maximum Gasteiger partial charge on any atom is 0.243 e. The molecule has 1 saturated heterocycles. The minimum atomic E-state index is -0.0273. The van der Waals surface area contributed by atoms with Crippen molar-refractivity contribution < 1.29 is 9.53 Å². The van der Waals surface area contributed by atoms with Crippen molar-refractivity contribution in [2.24, 2.45) is 0 Å². The number of likely N-dealkylation sites (N-methyl/N-ethyl adjacent to an activating group) is 1. The summed E-state index contributed by atoms with van der Waals surface area (Å²) in [6.07, 6.45) is 0. The first-order valence-corrected chi connectivity index (χ1v) is 8.21. The van der Waals surface area contributed by atoms with Crippen molar-refractivity contribution in [3.05, 3.63) is 54.6 Å². The summed E-state index contributed by atoms with van der Waals surface area (Å²) in [5.74, 6) is -0.0273. The van der Waals surface area contributed by atoms with Crippen LogP contribution in [0.2, 0.25) is 0 Å². The number of ether oxygens (including phenoxy) is 1. The molecule has 1 aliphatic rings. The molecular formula is C19H23N3O2. The molecule has 0 aromatic heterocycles. The van der Waals surface area contributed by atoms with Crippen molar-refractivity contribution in [3.63, 3.8) is 0 Å². The number of hydrogen-bond donors (Lipinski definition) is 1. The van der Waals surface area contributed by atoms with Gasteiger partial charge in [0.05, 0.1) is 19.8 Å². The maximum atomic E-state index is 12.2. The van der Waals surface area contributed by atoms with Crippen LogP contribution in [0.4, 0.5) is 17.1 Å². The van der Waals surface area contributed by atoms with Crippen LogP contribution in [-0.4, -0.2) is 45.8 Å². The van der Waals surface area contributed by atoms with Gasteiger partial charge in [-0.25, -0.2) is 0 Å². The number of nitrogens with one attached hydrogen (secondary N) is 1. The number of carbonyl (C=O) groups is 1. The Labute approximate surface area is 142 Å². The zero-order valence-corrected chi connectivity index (χ0v) is 13.9. The molecule has 1 heterocycles. The van der Waals surface area contributed by atoms with E-state index in [0.29, 0.717) is 6.54 Å². The Bertz CT molecular complexity index is 652. The second kappa shape index (κ2) is 7.84. The predicted molar refractivity (Wildman–Crippen MR) is 97.8 cm³/mol. The van der Waals surface area contributed by atoms with Gasteiger partial charge in [0.25, 0.3) is 0 Å². The van der Waals surface area contributed by atoms with Gasteiger partial charge in [-0.3, -0.25) is 4.79 Å². The third kappa shape index (κ3) is 4.26. The average Bonchev–Trinajstić information content (AvgIpc) is 2.64. The quantitative estimate of drug-likeness (QED) is 0.918. The van der Waals surface area contributed by atoms with E-state index in [9.17, 15) is 4.79 Å². The van der Waals surface area contributed by atoms with Gasteiger partial charge >= 0.3 is 0 Å². The van der Waals surface area contributed by atoms with E-state index >= 15 is 0 Å². The minimum Gasteiger partial charge on any atom is -0.378 e. The lowest BCUT2D eigenvalue weighted by Gasteiger charge is -2.29. The van der Waals surface area contributed by atoms with E-state index in [2.05, 4.69) is 10.2 Å². The fourth-order valence-electron chi connectivity index (χ4n) is 2.77. The van der Waals surface area contributed by atoms with E-state index in [0.717, 1.165) is 43.4 Å². The Hall–Kier alpha value is -2.53. The van der Waals surface area contributed by atoms with Crippen molar-refractivity contribution in [2.75, 3.05) is 55.0 Å². The Balaban J connectivity index is 1.54. The van der Waals surface area contributed by atoms with Crippen molar-refractivity contribution in [1.29, 1.82) is 0 Å². The van der Waals surface area contributed by atoms with Gasteiger partial charge in [0.1, 0.15) is 0 Å². The molecule has 5 heteroatoms. The van der Waals surface area contributed by atoms with Gasteiger partial charge in [-0.15, -0.1) is 0 Å². The Morgan fingerprint density at radius 2 is 1.75 bits per heavy atom. The van der Waals surface area contributed by atoms with E-state index in [4.69, 9.17) is 4.74 Å². The summed E-state index contributed by atoms with van der Waals surface area (Å²) in [4.78, 5) is 16.4. The third-order valence-electron chi connectivity index (χ3n) is 4.11. The van der Waals surface area contributed by atoms with E-state index in [1.54, 1.807) is 0 Å². The summed E-state index contributed by atoms with van der Waals surface area (Å²) in [6.45, 7) is 3.67. The zero-order valence-electron chi connectivity index (χ0n) is 13.9. The molecule has 2 aromatic rings. The van der Waals surface area contributed by atoms with Crippen LogP contribution in [0.3, 0.4) is 0 Å². The normalized spacial score (nSPS) is 14.3. The molecule has 0 aliphatic carbocycles. The first kappa shape index (κ1) is 16.3. The van der Waals surface area contributed by atoms with Crippen LogP contribution >= 0.6 is 0 Å². The van der Waals surface area contributed by atoms with Crippen LogP contribution in [0.1, 0.15) is 0 Å². The molecule has 0 spiro atoms. The molecule has 3 rings (SSSR count). The Kier molecular flexibility index (Phi) is 5.33. The van der Waals surface area contributed by atoms with Gasteiger partial charge in [0.2, 0.25) is 5.91 Å². The molecule has 5 nitrogen and oxygen atoms in total. The highest BCUT2D eigenvalue weighted by atomic mass is 16.5. The monoisotopic (exact) mass is 325 g/mol. The molecule has 0 saturated carbocycles. The molecule has 1 amide bonds. The lowest BCUT2D eigenvalue weighted by Crippen LogP contribution is -2.36. The maximum absolute atomic E-state index is 12.2. The highest BCUT2D eigenvalue weighted by Gasteiger charge is 2.11. The summed E-state index contributed by atoms with van der Waals surface area (Å²) < 4.78 is 5.37. The fourth-order valence-corrected chi connectivity index (χ4v) is 2.77. The third-order valence-corrected chi connectivity index (χ3v) is 4.11. The lowest BCUT2D eigenvalue weighted by atomic mass is 10.2. The number of carbonyl (C=O) groups excluding carboxylic acids is 1. The first-order chi connectivity index (χ1) is 11.7. The summed E-state index contributed by atoms with van der Waals surface area (Å²) in [7, 11) is 1.91. The van der Waals surface area contributed by atoms with Gasteiger partial charge in [-0.1, -0.05) is 18.2 Å². The number of hydrogen-bond acceptors (Lipinski definition) is 4. The largest absolute Gasteiger partial charge is 0.378 e. The number of morpholine rings is 1. The van der Waals surface area contributed by atoms with Gasteiger partial charge < -0.3 is 19.9 Å².